The zero-order valence-electron chi connectivity index (χ0n) is 11.7. The van der Waals surface area contributed by atoms with Crippen LogP contribution in [0, 0.1) is 12.8 Å². The first-order chi connectivity index (χ1) is 8.40. The Kier molecular flexibility index (Phi) is 5.35. The number of hydrogen-bond donors (Lipinski definition) is 2. The van der Waals surface area contributed by atoms with E-state index in [0.717, 1.165) is 5.56 Å². The zero-order valence-corrected chi connectivity index (χ0v) is 11.7. The third kappa shape index (κ3) is 4.49. The average molecular weight is 248 g/mol. The van der Waals surface area contributed by atoms with Crippen LogP contribution in [0.2, 0.25) is 0 Å². The normalized spacial score (nSPS) is 14.3. The number of hydrogen-bond acceptors (Lipinski definition) is 2. The highest BCUT2D eigenvalue weighted by atomic mass is 16.2. The molecular formula is C15H24N2O. The van der Waals surface area contributed by atoms with Crippen molar-refractivity contribution in [1.82, 2.24) is 5.32 Å². The first-order valence-electron chi connectivity index (χ1n) is 6.52. The molecule has 0 saturated carbocycles. The Morgan fingerprint density at radius 3 is 2.56 bits per heavy atom. The van der Waals surface area contributed by atoms with E-state index in [2.05, 4.69) is 25.2 Å². The minimum Gasteiger partial charge on any atom is -0.348 e. The Bertz CT molecular complexity index is 401. The fraction of sp³-hybridized carbons (Fsp3) is 0.533. The van der Waals surface area contributed by atoms with Gasteiger partial charge in [-0.05, 0) is 31.7 Å². The second-order valence-electron chi connectivity index (χ2n) is 5.38. The smallest absolute Gasteiger partial charge is 0.237 e. The van der Waals surface area contributed by atoms with E-state index in [1.165, 1.54) is 5.56 Å². The van der Waals surface area contributed by atoms with E-state index in [0.29, 0.717) is 12.3 Å². The summed E-state index contributed by atoms with van der Waals surface area (Å²) in [6.07, 6.45) is 0.715. The van der Waals surface area contributed by atoms with E-state index < -0.39 is 6.04 Å². The molecule has 100 valence electrons. The third-order valence-electron chi connectivity index (χ3n) is 2.96. The van der Waals surface area contributed by atoms with E-state index >= 15 is 0 Å². The van der Waals surface area contributed by atoms with Gasteiger partial charge in [-0.1, -0.05) is 43.7 Å². The number of nitrogens with one attached hydrogen (secondary N) is 1. The van der Waals surface area contributed by atoms with E-state index in [9.17, 15) is 4.79 Å². The van der Waals surface area contributed by atoms with Crippen molar-refractivity contribution in [2.24, 2.45) is 11.7 Å². The highest BCUT2D eigenvalue weighted by molar-refractivity contribution is 5.81. The molecule has 0 radical (unpaired) electrons. The first-order valence-corrected chi connectivity index (χ1v) is 6.52. The van der Waals surface area contributed by atoms with Crippen LogP contribution in [-0.4, -0.2) is 11.9 Å². The highest BCUT2D eigenvalue weighted by Gasteiger charge is 2.17. The summed E-state index contributed by atoms with van der Waals surface area (Å²) in [6.45, 7) is 8.16. The van der Waals surface area contributed by atoms with Crippen LogP contribution in [0.4, 0.5) is 0 Å². The Balaban J connectivity index is 2.59. The molecule has 1 amide bonds. The van der Waals surface area contributed by atoms with Crippen molar-refractivity contribution in [2.75, 3.05) is 0 Å². The number of rotatable bonds is 5. The average Bonchev–Trinajstić information content (AvgIpc) is 2.27. The molecule has 18 heavy (non-hydrogen) atoms. The lowest BCUT2D eigenvalue weighted by atomic mass is 10.0. The maximum absolute atomic E-state index is 11.9. The molecule has 1 aromatic carbocycles. The molecule has 0 unspecified atom stereocenters. The van der Waals surface area contributed by atoms with Gasteiger partial charge in [-0.25, -0.2) is 0 Å². The summed E-state index contributed by atoms with van der Waals surface area (Å²) in [5.41, 5.74) is 8.17. The number of amides is 1. The topological polar surface area (TPSA) is 55.1 Å². The fourth-order valence-corrected chi connectivity index (χ4v) is 1.96. The summed E-state index contributed by atoms with van der Waals surface area (Å²) in [5.74, 6) is 0.359. The van der Waals surface area contributed by atoms with Crippen molar-refractivity contribution in [3.05, 3.63) is 35.4 Å². The largest absolute Gasteiger partial charge is 0.348 e. The van der Waals surface area contributed by atoms with Crippen LogP contribution in [0.3, 0.4) is 0 Å². The molecule has 3 heteroatoms. The predicted molar refractivity (Wildman–Crippen MR) is 75.2 cm³/mol. The maximum atomic E-state index is 11.9. The van der Waals surface area contributed by atoms with Crippen LogP contribution in [-0.2, 0) is 4.79 Å². The maximum Gasteiger partial charge on any atom is 0.237 e. The second-order valence-corrected chi connectivity index (χ2v) is 5.38. The van der Waals surface area contributed by atoms with Crippen molar-refractivity contribution in [3.63, 3.8) is 0 Å². The molecule has 0 fully saturated rings. The van der Waals surface area contributed by atoms with E-state index in [1.807, 2.05) is 32.0 Å². The minimum absolute atomic E-state index is 0.00406. The SMILES string of the molecule is Cc1cccc([C@@H](C)NC(=O)[C@H](N)CC(C)C)c1. The number of nitrogens with two attached hydrogens (primary N) is 1. The molecule has 0 saturated heterocycles. The van der Waals surface area contributed by atoms with Gasteiger partial charge in [0.05, 0.1) is 12.1 Å². The zero-order chi connectivity index (χ0) is 13.7. The molecule has 0 aromatic heterocycles. The molecule has 0 heterocycles. The lowest BCUT2D eigenvalue weighted by Crippen LogP contribution is -2.42. The Morgan fingerprint density at radius 2 is 2.00 bits per heavy atom. The summed E-state index contributed by atoms with van der Waals surface area (Å²) in [5, 5.41) is 2.96. The van der Waals surface area contributed by atoms with Gasteiger partial charge in [0.25, 0.3) is 0 Å². The molecule has 3 nitrogen and oxygen atoms in total. The van der Waals surface area contributed by atoms with Crippen LogP contribution < -0.4 is 11.1 Å². The number of carbonyl (C=O) groups excluding carboxylic acids is 1. The van der Waals surface area contributed by atoms with E-state index in [4.69, 9.17) is 5.73 Å². The summed E-state index contributed by atoms with van der Waals surface area (Å²) in [6, 6.07) is 7.72. The highest BCUT2D eigenvalue weighted by Crippen LogP contribution is 2.14. The molecule has 0 spiro atoms. The predicted octanol–water partition coefficient (Wildman–Crippen LogP) is 2.55. The summed E-state index contributed by atoms with van der Waals surface area (Å²) >= 11 is 0. The Labute approximate surface area is 110 Å². The molecule has 0 bridgehead atoms. The third-order valence-corrected chi connectivity index (χ3v) is 2.96. The quantitative estimate of drug-likeness (QED) is 0.841. The standard InChI is InChI=1S/C15H24N2O/c1-10(2)8-14(16)15(18)17-12(4)13-7-5-6-11(3)9-13/h5-7,9-10,12,14H,8,16H2,1-4H3,(H,17,18)/t12-,14-/m1/s1. The number of benzene rings is 1. The van der Waals surface area contributed by atoms with Gasteiger partial charge in [0.1, 0.15) is 0 Å². The summed E-state index contributed by atoms with van der Waals surface area (Å²) in [7, 11) is 0. The van der Waals surface area contributed by atoms with E-state index in [-0.39, 0.29) is 11.9 Å². The van der Waals surface area contributed by atoms with Crippen LogP contribution in [0.15, 0.2) is 24.3 Å². The molecule has 1 aromatic rings. The molecule has 0 aliphatic rings. The van der Waals surface area contributed by atoms with Gasteiger partial charge in [-0.15, -0.1) is 0 Å². The van der Waals surface area contributed by atoms with Crippen molar-refractivity contribution in [2.45, 2.75) is 46.2 Å². The minimum atomic E-state index is -0.419. The lowest BCUT2D eigenvalue weighted by Gasteiger charge is -2.19. The summed E-state index contributed by atoms with van der Waals surface area (Å²) in [4.78, 5) is 11.9. The van der Waals surface area contributed by atoms with Crippen molar-refractivity contribution in [1.29, 1.82) is 0 Å². The van der Waals surface area contributed by atoms with Gasteiger partial charge in [0.15, 0.2) is 0 Å². The Hall–Kier alpha value is -1.35. The van der Waals surface area contributed by atoms with Crippen LogP contribution in [0.25, 0.3) is 0 Å². The molecule has 1 rings (SSSR count). The molecular weight excluding hydrogens is 224 g/mol. The van der Waals surface area contributed by atoms with Gasteiger partial charge in [-0.3, -0.25) is 4.79 Å². The summed E-state index contributed by atoms with van der Waals surface area (Å²) < 4.78 is 0. The molecule has 0 aliphatic heterocycles. The van der Waals surface area contributed by atoms with Crippen LogP contribution in [0.5, 0.6) is 0 Å². The van der Waals surface area contributed by atoms with Crippen LogP contribution in [0.1, 0.15) is 44.4 Å². The second kappa shape index (κ2) is 6.55. The first kappa shape index (κ1) is 14.7. The van der Waals surface area contributed by atoms with Crippen molar-refractivity contribution in [3.8, 4) is 0 Å². The van der Waals surface area contributed by atoms with Crippen molar-refractivity contribution >= 4 is 5.91 Å². The molecule has 2 atom stereocenters. The van der Waals surface area contributed by atoms with Crippen molar-refractivity contribution < 1.29 is 4.79 Å². The molecule has 3 N–H and O–H groups in total. The van der Waals surface area contributed by atoms with Gasteiger partial charge >= 0.3 is 0 Å². The van der Waals surface area contributed by atoms with E-state index in [1.54, 1.807) is 0 Å². The number of carbonyl (C=O) groups is 1. The lowest BCUT2D eigenvalue weighted by molar-refractivity contribution is -0.123. The fourth-order valence-electron chi connectivity index (χ4n) is 1.96. The van der Waals surface area contributed by atoms with Gasteiger partial charge in [0.2, 0.25) is 5.91 Å². The van der Waals surface area contributed by atoms with Gasteiger partial charge in [0, 0.05) is 0 Å². The Morgan fingerprint density at radius 1 is 1.33 bits per heavy atom. The van der Waals surface area contributed by atoms with Gasteiger partial charge in [-0.2, -0.15) is 0 Å². The molecule has 0 aliphatic carbocycles. The van der Waals surface area contributed by atoms with Gasteiger partial charge < -0.3 is 11.1 Å². The monoisotopic (exact) mass is 248 g/mol. The number of aryl methyl sites for hydroxylation is 1. The van der Waals surface area contributed by atoms with Crippen LogP contribution >= 0.6 is 0 Å².